The van der Waals surface area contributed by atoms with Gasteiger partial charge in [-0.2, -0.15) is 0 Å². The van der Waals surface area contributed by atoms with Crippen molar-refractivity contribution in [1.82, 2.24) is 4.90 Å². The molecular formula is C15H16FNO4. The maximum absolute atomic E-state index is 13.8. The molecule has 0 spiro atoms. The van der Waals surface area contributed by atoms with E-state index >= 15 is 0 Å². The molecule has 0 N–H and O–H groups in total. The van der Waals surface area contributed by atoms with Crippen LogP contribution >= 0.6 is 0 Å². The highest BCUT2D eigenvalue weighted by Crippen LogP contribution is 2.30. The van der Waals surface area contributed by atoms with Crippen molar-refractivity contribution >= 4 is 17.8 Å². The maximum Gasteiger partial charge on any atom is 0.329 e. The van der Waals surface area contributed by atoms with Gasteiger partial charge in [0, 0.05) is 0 Å². The van der Waals surface area contributed by atoms with Gasteiger partial charge in [0.1, 0.15) is 11.9 Å². The molecule has 0 bridgehead atoms. The smallest absolute Gasteiger partial charge is 0.329 e. The Balaban J connectivity index is 2.50. The number of benzene rings is 1. The zero-order valence-corrected chi connectivity index (χ0v) is 12.1. The Morgan fingerprint density at radius 1 is 1.33 bits per heavy atom. The lowest BCUT2D eigenvalue weighted by Crippen LogP contribution is -2.49. The van der Waals surface area contributed by atoms with Crippen molar-refractivity contribution in [3.8, 4) is 0 Å². The van der Waals surface area contributed by atoms with Crippen molar-refractivity contribution in [2.75, 3.05) is 7.11 Å². The standard InChI is InChI=1S/C15H16FNO4/c1-4-8(2)12(15(20)21-3)17-13(18)9-6-5-7-10(16)11(9)14(17)19/h5-8,12H,4H2,1-3H3/t8-,12-/m0/s1. The molecule has 0 unspecified atom stereocenters. The van der Waals surface area contributed by atoms with Crippen molar-refractivity contribution in [2.24, 2.45) is 5.92 Å². The number of carbonyl (C=O) groups excluding carboxylic acids is 3. The lowest BCUT2D eigenvalue weighted by atomic mass is 9.97. The van der Waals surface area contributed by atoms with Crippen LogP contribution in [0.2, 0.25) is 0 Å². The summed E-state index contributed by atoms with van der Waals surface area (Å²) < 4.78 is 18.5. The van der Waals surface area contributed by atoms with E-state index in [4.69, 9.17) is 4.74 Å². The first-order valence-corrected chi connectivity index (χ1v) is 6.68. The van der Waals surface area contributed by atoms with Crippen LogP contribution in [0.1, 0.15) is 41.0 Å². The van der Waals surface area contributed by atoms with Gasteiger partial charge in [0.05, 0.1) is 18.2 Å². The monoisotopic (exact) mass is 293 g/mol. The van der Waals surface area contributed by atoms with Crippen LogP contribution in [-0.4, -0.2) is 35.8 Å². The first kappa shape index (κ1) is 15.2. The molecule has 1 aromatic carbocycles. The number of amides is 2. The van der Waals surface area contributed by atoms with Gasteiger partial charge in [-0.05, 0) is 18.1 Å². The van der Waals surface area contributed by atoms with Crippen LogP contribution in [-0.2, 0) is 9.53 Å². The van der Waals surface area contributed by atoms with Crippen LogP contribution in [0.4, 0.5) is 4.39 Å². The van der Waals surface area contributed by atoms with Gasteiger partial charge in [0.25, 0.3) is 11.8 Å². The summed E-state index contributed by atoms with van der Waals surface area (Å²) in [5.74, 6) is -3.18. The lowest BCUT2D eigenvalue weighted by Gasteiger charge is -2.28. The van der Waals surface area contributed by atoms with Crippen LogP contribution in [0.15, 0.2) is 18.2 Å². The molecule has 0 fully saturated rings. The number of rotatable bonds is 4. The highest BCUT2D eigenvalue weighted by Gasteiger charge is 2.46. The molecule has 1 aromatic rings. The molecule has 2 atom stereocenters. The van der Waals surface area contributed by atoms with Crippen LogP contribution < -0.4 is 0 Å². The number of imide groups is 1. The third kappa shape index (κ3) is 2.30. The molecule has 0 radical (unpaired) electrons. The average molecular weight is 293 g/mol. The van der Waals surface area contributed by atoms with E-state index in [0.29, 0.717) is 6.42 Å². The molecule has 0 aromatic heterocycles. The van der Waals surface area contributed by atoms with E-state index in [1.54, 1.807) is 6.92 Å². The van der Waals surface area contributed by atoms with Crippen molar-refractivity contribution in [3.63, 3.8) is 0 Å². The van der Waals surface area contributed by atoms with Crippen LogP contribution in [0, 0.1) is 11.7 Å². The Morgan fingerprint density at radius 3 is 2.52 bits per heavy atom. The number of fused-ring (bicyclic) bond motifs is 1. The fourth-order valence-electron chi connectivity index (χ4n) is 2.45. The minimum atomic E-state index is -1.05. The maximum atomic E-state index is 13.8. The first-order chi connectivity index (χ1) is 9.93. The molecule has 0 saturated heterocycles. The fraction of sp³-hybridized carbons (Fsp3) is 0.400. The number of ether oxygens (including phenoxy) is 1. The minimum absolute atomic E-state index is 0.0165. The molecule has 112 valence electrons. The normalized spacial score (nSPS) is 16.7. The summed E-state index contributed by atoms with van der Waals surface area (Å²) in [6.45, 7) is 3.57. The summed E-state index contributed by atoms with van der Waals surface area (Å²) in [5, 5.41) is 0. The molecule has 21 heavy (non-hydrogen) atoms. The first-order valence-electron chi connectivity index (χ1n) is 6.68. The molecule has 2 rings (SSSR count). The molecule has 0 aliphatic carbocycles. The molecule has 1 aliphatic heterocycles. The number of halogens is 1. The number of nitrogens with zero attached hydrogens (tertiary/aromatic N) is 1. The Bertz CT molecular complexity index is 614. The van der Waals surface area contributed by atoms with Gasteiger partial charge in [0.15, 0.2) is 0 Å². The Morgan fingerprint density at radius 2 is 2.00 bits per heavy atom. The van der Waals surface area contributed by atoms with Gasteiger partial charge in [-0.15, -0.1) is 0 Å². The summed E-state index contributed by atoms with van der Waals surface area (Å²) >= 11 is 0. The number of hydrogen-bond acceptors (Lipinski definition) is 4. The molecule has 6 heteroatoms. The molecule has 0 saturated carbocycles. The number of esters is 1. The van der Waals surface area contributed by atoms with E-state index in [0.717, 1.165) is 11.0 Å². The Labute approximate surface area is 121 Å². The van der Waals surface area contributed by atoms with Crippen molar-refractivity contribution in [1.29, 1.82) is 0 Å². The van der Waals surface area contributed by atoms with Gasteiger partial charge in [0.2, 0.25) is 0 Å². The number of hydrogen-bond donors (Lipinski definition) is 0. The summed E-state index contributed by atoms with van der Waals surface area (Å²) in [6.07, 6.45) is 0.565. The summed E-state index contributed by atoms with van der Waals surface area (Å²) in [7, 11) is 1.19. The van der Waals surface area contributed by atoms with Crippen molar-refractivity contribution < 1.29 is 23.5 Å². The predicted octanol–water partition coefficient (Wildman–Crippen LogP) is 2.01. The Kier molecular flexibility index (Phi) is 4.06. The molecular weight excluding hydrogens is 277 g/mol. The van der Waals surface area contributed by atoms with E-state index in [-0.39, 0.29) is 17.0 Å². The highest BCUT2D eigenvalue weighted by atomic mass is 19.1. The largest absolute Gasteiger partial charge is 0.467 e. The van der Waals surface area contributed by atoms with E-state index in [9.17, 15) is 18.8 Å². The summed E-state index contributed by atoms with van der Waals surface area (Å²) in [4.78, 5) is 37.5. The van der Waals surface area contributed by atoms with E-state index in [2.05, 4.69) is 0 Å². The summed E-state index contributed by atoms with van der Waals surface area (Å²) in [6, 6.07) is 2.80. The van der Waals surface area contributed by atoms with Gasteiger partial charge < -0.3 is 4.74 Å². The molecule has 1 aliphatic rings. The topological polar surface area (TPSA) is 63.7 Å². The highest BCUT2D eigenvalue weighted by molar-refractivity contribution is 6.22. The summed E-state index contributed by atoms with van der Waals surface area (Å²) in [5.41, 5.74) is -0.295. The second-order valence-electron chi connectivity index (χ2n) is 5.00. The Hall–Kier alpha value is -2.24. The predicted molar refractivity (Wildman–Crippen MR) is 72.2 cm³/mol. The van der Waals surface area contributed by atoms with Gasteiger partial charge in [-0.3, -0.25) is 14.5 Å². The molecule has 5 nitrogen and oxygen atoms in total. The molecule has 2 amide bonds. The quantitative estimate of drug-likeness (QED) is 0.629. The van der Waals surface area contributed by atoms with E-state index in [1.165, 1.54) is 19.2 Å². The third-order valence-corrected chi connectivity index (χ3v) is 3.80. The number of carbonyl (C=O) groups is 3. The average Bonchev–Trinajstić information content (AvgIpc) is 2.73. The van der Waals surface area contributed by atoms with Crippen LogP contribution in [0.5, 0.6) is 0 Å². The molecule has 1 heterocycles. The van der Waals surface area contributed by atoms with E-state index in [1.807, 2.05) is 6.92 Å². The second-order valence-corrected chi connectivity index (χ2v) is 5.00. The second kappa shape index (κ2) is 5.63. The minimum Gasteiger partial charge on any atom is -0.467 e. The van der Waals surface area contributed by atoms with Gasteiger partial charge in [-0.25, -0.2) is 9.18 Å². The van der Waals surface area contributed by atoms with Gasteiger partial charge in [-0.1, -0.05) is 26.3 Å². The third-order valence-electron chi connectivity index (χ3n) is 3.80. The fourth-order valence-corrected chi connectivity index (χ4v) is 2.45. The van der Waals surface area contributed by atoms with Crippen LogP contribution in [0.3, 0.4) is 0 Å². The van der Waals surface area contributed by atoms with Gasteiger partial charge >= 0.3 is 5.97 Å². The van der Waals surface area contributed by atoms with Crippen molar-refractivity contribution in [2.45, 2.75) is 26.3 Å². The zero-order valence-electron chi connectivity index (χ0n) is 12.1. The SMILES string of the molecule is CC[C@H](C)[C@@H](C(=O)OC)N1C(=O)c2cccc(F)c2C1=O. The van der Waals surface area contributed by atoms with Crippen molar-refractivity contribution in [3.05, 3.63) is 35.1 Å². The van der Waals surface area contributed by atoms with E-state index < -0.39 is 29.6 Å². The lowest BCUT2D eigenvalue weighted by molar-refractivity contribution is -0.147. The zero-order chi connectivity index (χ0) is 15.7. The number of methoxy groups -OCH3 is 1. The van der Waals surface area contributed by atoms with Crippen LogP contribution in [0.25, 0.3) is 0 Å².